The normalized spacial score (nSPS) is 35.1. The van der Waals surface area contributed by atoms with Gasteiger partial charge in [0.1, 0.15) is 11.7 Å². The van der Waals surface area contributed by atoms with Crippen LogP contribution in [0.1, 0.15) is 206 Å². The maximum absolute atomic E-state index is 17.4. The zero-order chi connectivity index (χ0) is 41.9. The molecule has 0 aliphatic heterocycles. The maximum Gasteiger partial charge on any atom is 0.188 e. The lowest BCUT2D eigenvalue weighted by Crippen LogP contribution is -2.52. The summed E-state index contributed by atoms with van der Waals surface area (Å²) in [6, 6.07) is 0. The number of alkyl halides is 2. The number of unbranched alkanes of at least 4 members (excludes halogenated alkanes) is 8. The first-order valence-corrected chi connectivity index (χ1v) is 25.0. The molecule has 1 nitrogen and oxygen atoms in total. The van der Waals surface area contributed by atoms with Gasteiger partial charge in [-0.3, -0.25) is 0 Å². The molecule has 0 heterocycles. The van der Waals surface area contributed by atoms with E-state index in [0.717, 1.165) is 89.9 Å². The van der Waals surface area contributed by atoms with Gasteiger partial charge in [0.25, 0.3) is 0 Å². The number of halogens is 6. The molecule has 0 aromatic heterocycles. The number of rotatable bonds is 20. The highest BCUT2D eigenvalue weighted by Gasteiger charge is 2.61. The van der Waals surface area contributed by atoms with Crippen molar-refractivity contribution in [2.75, 3.05) is 13.2 Å². The van der Waals surface area contributed by atoms with Crippen LogP contribution in [-0.2, 0) is 4.74 Å². The van der Waals surface area contributed by atoms with Crippen LogP contribution in [0.3, 0.4) is 0 Å². The zero-order valence-corrected chi connectivity index (χ0v) is 37.1. The molecule has 59 heavy (non-hydrogen) atoms. The van der Waals surface area contributed by atoms with Gasteiger partial charge in [0.05, 0.1) is 25.0 Å². The first-order valence-electron chi connectivity index (χ1n) is 25.0. The van der Waals surface area contributed by atoms with Crippen molar-refractivity contribution in [3.8, 4) is 0 Å². The second-order valence-electron chi connectivity index (χ2n) is 20.5. The Kier molecular flexibility index (Phi) is 17.3. The molecule has 0 aromatic carbocycles. The van der Waals surface area contributed by atoms with Crippen LogP contribution in [-0.4, -0.2) is 24.6 Å². The smallest absolute Gasteiger partial charge is 0.188 e. The highest BCUT2D eigenvalue weighted by molar-refractivity contribution is 5.37. The highest BCUT2D eigenvalue weighted by atomic mass is 19.2. The summed E-state index contributed by atoms with van der Waals surface area (Å²) in [5.41, 5.74) is -6.96. The van der Waals surface area contributed by atoms with E-state index in [9.17, 15) is 0 Å². The van der Waals surface area contributed by atoms with Crippen molar-refractivity contribution in [3.05, 3.63) is 47.6 Å². The van der Waals surface area contributed by atoms with E-state index in [0.29, 0.717) is 37.5 Å². The van der Waals surface area contributed by atoms with Crippen LogP contribution in [0.4, 0.5) is 26.3 Å². The van der Waals surface area contributed by atoms with E-state index >= 15 is 26.3 Å². The van der Waals surface area contributed by atoms with Crippen molar-refractivity contribution < 1.29 is 31.1 Å². The lowest BCUT2D eigenvalue weighted by Gasteiger charge is -2.53. The van der Waals surface area contributed by atoms with Gasteiger partial charge in [0.2, 0.25) is 0 Å². The Labute approximate surface area is 355 Å². The van der Waals surface area contributed by atoms with Gasteiger partial charge in [0, 0.05) is 10.8 Å². The van der Waals surface area contributed by atoms with Crippen molar-refractivity contribution in [1.29, 1.82) is 0 Å². The summed E-state index contributed by atoms with van der Waals surface area (Å²) in [6.45, 7) is 3.77. The van der Waals surface area contributed by atoms with Crippen LogP contribution < -0.4 is 0 Å². The lowest BCUT2D eigenvalue weighted by molar-refractivity contribution is -0.0619. The zero-order valence-electron chi connectivity index (χ0n) is 37.1. The fourth-order valence-electron chi connectivity index (χ4n) is 13.4. The Bertz CT molecular complexity index is 1320. The lowest BCUT2D eigenvalue weighted by atomic mass is 9.53. The third kappa shape index (κ3) is 10.2. The second-order valence-corrected chi connectivity index (χ2v) is 20.5. The van der Waals surface area contributed by atoms with Crippen LogP contribution in [0.5, 0.6) is 0 Å². The molecule has 0 N–H and O–H groups in total. The minimum atomic E-state index is -2.51. The summed E-state index contributed by atoms with van der Waals surface area (Å²) < 4.78 is 105. The van der Waals surface area contributed by atoms with Crippen LogP contribution in [0.25, 0.3) is 0 Å². The molecule has 4 atom stereocenters. The Morgan fingerprint density at radius 2 is 0.847 bits per heavy atom. The van der Waals surface area contributed by atoms with E-state index < -0.39 is 57.3 Å². The van der Waals surface area contributed by atoms with Gasteiger partial charge in [-0.2, -0.15) is 0 Å². The summed E-state index contributed by atoms with van der Waals surface area (Å²) in [7, 11) is 0. The van der Waals surface area contributed by atoms with Crippen LogP contribution in [0.15, 0.2) is 47.6 Å². The Hall–Kier alpha value is -1.50. The third-order valence-electron chi connectivity index (χ3n) is 17.0. The quantitative estimate of drug-likeness (QED) is 0.0674. The van der Waals surface area contributed by atoms with Gasteiger partial charge in [-0.15, -0.1) is 0 Å². The molecule has 0 spiro atoms. The average Bonchev–Trinajstić information content (AvgIpc) is 3.27. The molecule has 4 fully saturated rings. The van der Waals surface area contributed by atoms with Crippen LogP contribution in [0.2, 0.25) is 0 Å². The summed E-state index contributed by atoms with van der Waals surface area (Å²) >= 11 is 0. The van der Waals surface area contributed by atoms with Gasteiger partial charge in [0.15, 0.2) is 23.0 Å². The number of hydrogen-bond acceptors (Lipinski definition) is 1. The molecule has 336 valence electrons. The van der Waals surface area contributed by atoms with E-state index in [2.05, 4.69) is 13.8 Å². The van der Waals surface area contributed by atoms with Crippen LogP contribution in [0, 0.1) is 46.3 Å². The standard InChI is InChI=1S/C52H80F6O/c1-3-5-7-9-13-19-39-21-25-43(26-22-39)49(31-15-11-16-32-49)51(57)35-29-41(45(53)47(51)55)37-59-38-42-30-36-52(58,48(56)46(42)54)50(33-17-12-18-34-50)44-27-23-40(24-28-44)20-14-10-8-6-4-2/h29-30,35-36,39-44H,3-28,31-34,37-38H2,1-2H3/t39-,40-,41-,42-,43-,44-,51+,52+/m0/s1. The molecule has 0 aromatic rings. The molecule has 0 saturated heterocycles. The first-order chi connectivity index (χ1) is 28.5. The third-order valence-corrected chi connectivity index (χ3v) is 17.0. The first kappa shape index (κ1) is 47.0. The fourth-order valence-corrected chi connectivity index (χ4v) is 13.4. The fraction of sp³-hybridized carbons (Fsp3) is 0.846. The Morgan fingerprint density at radius 1 is 0.492 bits per heavy atom. The summed E-state index contributed by atoms with van der Waals surface area (Å²) in [4.78, 5) is 0. The molecule has 0 unspecified atom stereocenters. The van der Waals surface area contributed by atoms with E-state index in [-0.39, 0.29) is 25.0 Å². The highest BCUT2D eigenvalue weighted by Crippen LogP contribution is 2.63. The second kappa shape index (κ2) is 21.7. The van der Waals surface area contributed by atoms with Crippen molar-refractivity contribution in [1.82, 2.24) is 0 Å². The summed E-state index contributed by atoms with van der Waals surface area (Å²) in [5.74, 6) is -6.04. The number of allylic oxidation sites excluding steroid dienone is 4. The summed E-state index contributed by atoms with van der Waals surface area (Å²) in [6.07, 6.45) is 35.2. The molecule has 7 heteroatoms. The minimum absolute atomic E-state index is 0.00148. The Morgan fingerprint density at radius 3 is 1.20 bits per heavy atom. The van der Waals surface area contributed by atoms with Gasteiger partial charge >= 0.3 is 0 Å². The van der Waals surface area contributed by atoms with Gasteiger partial charge < -0.3 is 4.74 Å². The average molecular weight is 835 g/mol. The molecule has 0 bridgehead atoms. The minimum Gasteiger partial charge on any atom is -0.379 e. The van der Waals surface area contributed by atoms with Crippen molar-refractivity contribution in [2.24, 2.45) is 46.3 Å². The maximum atomic E-state index is 17.4. The molecular formula is C52H80F6O. The van der Waals surface area contributed by atoms with Gasteiger partial charge in [-0.1, -0.05) is 167 Å². The molecular weight excluding hydrogens is 755 g/mol. The summed E-state index contributed by atoms with van der Waals surface area (Å²) in [5, 5.41) is 0. The number of hydrogen-bond donors (Lipinski definition) is 0. The van der Waals surface area contributed by atoms with E-state index in [1.807, 2.05) is 0 Å². The van der Waals surface area contributed by atoms with E-state index in [4.69, 9.17) is 4.74 Å². The largest absolute Gasteiger partial charge is 0.379 e. The molecule has 0 amide bonds. The SMILES string of the molecule is CCCCCCC[C@H]1CC[C@H](C2([C@@]3(F)C=C[C@@H](COC[C@@H]4C=C[C@](F)(C5([C@H]6CC[C@H](CCCCCCC)CC6)CCCCC5)C(F)=C4F)C(F)=C3F)CCCCC2)CC1. The van der Waals surface area contributed by atoms with Crippen molar-refractivity contribution in [3.63, 3.8) is 0 Å². The predicted molar refractivity (Wildman–Crippen MR) is 231 cm³/mol. The molecule has 0 radical (unpaired) electrons. The Balaban J connectivity index is 1.05. The monoisotopic (exact) mass is 835 g/mol. The van der Waals surface area contributed by atoms with E-state index in [1.165, 1.54) is 101 Å². The van der Waals surface area contributed by atoms with Crippen LogP contribution >= 0.6 is 0 Å². The van der Waals surface area contributed by atoms with Crippen molar-refractivity contribution >= 4 is 0 Å². The molecule has 4 saturated carbocycles. The molecule has 6 rings (SSSR count). The van der Waals surface area contributed by atoms with Crippen molar-refractivity contribution in [2.45, 2.75) is 218 Å². The van der Waals surface area contributed by atoms with Gasteiger partial charge in [-0.05, 0) is 87.2 Å². The molecule has 6 aliphatic rings. The van der Waals surface area contributed by atoms with E-state index in [1.54, 1.807) is 0 Å². The van der Waals surface area contributed by atoms with Gasteiger partial charge in [-0.25, -0.2) is 26.3 Å². The topological polar surface area (TPSA) is 9.23 Å². The number of ether oxygens (including phenoxy) is 1. The predicted octanol–water partition coefficient (Wildman–Crippen LogP) is 17.3. The molecule has 6 aliphatic carbocycles.